The van der Waals surface area contributed by atoms with E-state index in [4.69, 9.17) is 0 Å². The molecule has 139 heavy (non-hydrogen) atoms. The van der Waals surface area contributed by atoms with Gasteiger partial charge in [-0.25, -0.2) is 0 Å². The van der Waals surface area contributed by atoms with E-state index in [9.17, 15) is 0 Å². The van der Waals surface area contributed by atoms with Crippen molar-refractivity contribution in [3.63, 3.8) is 0 Å². The van der Waals surface area contributed by atoms with Gasteiger partial charge in [0.05, 0.1) is 16.7 Å². The van der Waals surface area contributed by atoms with Crippen LogP contribution in [-0.4, -0.2) is 4.57 Å². The van der Waals surface area contributed by atoms with Gasteiger partial charge in [-0.1, -0.05) is 323 Å². The molecule has 10 aromatic rings. The molecule has 0 saturated heterocycles. The third-order valence-corrected chi connectivity index (χ3v) is 378. The molecule has 0 fully saturated rings. The van der Waals surface area contributed by atoms with Crippen molar-refractivity contribution in [2.75, 3.05) is 4.90 Å². The van der Waals surface area contributed by atoms with Gasteiger partial charge in [0.1, 0.15) is 0 Å². The molecule has 1 aromatic heterocycles. The van der Waals surface area contributed by atoms with Gasteiger partial charge in [-0.2, -0.15) is 0 Å². The van der Waals surface area contributed by atoms with Crippen molar-refractivity contribution in [3.8, 4) is 39.1 Å². The van der Waals surface area contributed by atoms with Crippen molar-refractivity contribution in [3.05, 3.63) is 216 Å². The highest BCUT2D eigenvalue weighted by molar-refractivity contribution is 9.52. The van der Waals surface area contributed by atoms with Crippen LogP contribution >= 0.6 is 408 Å². The fraction of sp³-hybridized carbons (Fsp3) is 0.395. The first kappa shape index (κ1) is 134. The normalized spacial score (nSPS) is 14.6. The zero-order chi connectivity index (χ0) is 101. The van der Waals surface area contributed by atoms with Gasteiger partial charge in [0.25, 0.3) is 0 Å². The van der Waals surface area contributed by atoms with E-state index >= 15 is 0 Å². The second-order valence-corrected chi connectivity index (χ2v) is 242. The Bertz CT molecular complexity index is 5120. The fourth-order valence-corrected chi connectivity index (χ4v) is 740. The van der Waals surface area contributed by atoms with Crippen molar-refractivity contribution >= 4 is 457 Å². The molecule has 1 heterocycles. The number of hydrogen-bond acceptors (Lipinski definition) is 1. The van der Waals surface area contributed by atoms with E-state index in [1.165, 1.54) is 268 Å². The number of fused-ring (bicyclic) bond motifs is 10. The van der Waals surface area contributed by atoms with E-state index in [0.29, 0.717) is 0 Å². The number of anilines is 3. The summed E-state index contributed by atoms with van der Waals surface area (Å²) in [4.78, 5) is 2.66. The molecule has 30 unspecified atom stereocenters. The Balaban J connectivity index is 0.000000312. The van der Waals surface area contributed by atoms with E-state index in [2.05, 4.69) is 463 Å². The predicted octanol–water partition coefficient (Wildman–Crippen LogP) is 56.3. The van der Waals surface area contributed by atoms with Gasteiger partial charge in [0.2, 0.25) is 0 Å². The lowest BCUT2D eigenvalue weighted by Crippen LogP contribution is -2.25. The van der Waals surface area contributed by atoms with Crippen molar-refractivity contribution in [2.45, 2.75) is 218 Å². The summed E-state index contributed by atoms with van der Waals surface area (Å²) in [7, 11) is 91.7. The number of benzene rings is 9. The van der Waals surface area contributed by atoms with Crippen LogP contribution in [0.15, 0.2) is 194 Å². The Morgan fingerprint density at radius 3 is 0.921 bits per heavy atom. The molecule has 12 rings (SSSR count). The summed E-state index contributed by atoms with van der Waals surface area (Å²) in [6, 6.07) is 75.9. The van der Waals surface area contributed by atoms with Gasteiger partial charge in [0.15, 0.2) is 0 Å². The lowest BCUT2D eigenvalue weighted by molar-refractivity contribution is 0.398. The minimum atomic E-state index is -0.200. The smallest absolute Gasteiger partial charge is 0.0541 e. The van der Waals surface area contributed by atoms with Crippen LogP contribution < -0.4 is 4.90 Å². The first-order valence-electron chi connectivity index (χ1n) is 47.0. The number of unbranched alkanes of at least 4 members (excludes halogenated alkanes) is 20. The van der Waals surface area contributed by atoms with Gasteiger partial charge in [0, 0.05) is 44.1 Å². The summed E-state index contributed by atoms with van der Waals surface area (Å²) >= 11 is 0. The van der Waals surface area contributed by atoms with E-state index in [-0.39, 0.29) is 179 Å². The molecule has 0 N–H and O–H groups in total. The summed E-state index contributed by atoms with van der Waals surface area (Å²) in [5.74, 6) is 0. The molecule has 2 nitrogen and oxygen atoms in total. The predicted molar refractivity (Wildman–Crippen MR) is 810 cm³/mol. The average molecular weight is 2790 g/mol. The Hall–Kier alpha value is 14.8. The molecule has 0 spiro atoms. The first-order valence-corrected chi connectivity index (χ1v) is 140. The van der Waals surface area contributed by atoms with Gasteiger partial charge in [-0.15, -0.1) is 232 Å². The SMILES string of the molecule is CCCCCCCCC1(CCCCCCCC)c2ccccc2-c2cc(N(c3ccc4c(c3)-c3ccccc3C4(CCCCCCCC)CCCCCCCC)c3ccc(-c4ccc5c(c4)c4ccccc4n5-c4ccccc4)c4ccccc34)ccc21.PPP(P)P(P(P(P)P)P(P)P)P(P(P(P)P)P(P)P)P(P(P(P(P)P)P(P)P)P(P(P)P)P(P)P)P(P(P(P)P)P(P)P)P(P(P)P)P(P)P. The molecule has 0 radical (unpaired) electrons. The fourth-order valence-electron chi connectivity index (χ4n) is 19.5. The topological polar surface area (TPSA) is 8.17 Å². The van der Waals surface area contributed by atoms with Crippen LogP contribution in [0.3, 0.4) is 0 Å². The lowest BCUT2D eigenvalue weighted by atomic mass is 9.70. The monoisotopic (exact) mass is 2790 g/mol. The third-order valence-electron chi connectivity index (χ3n) is 25.4. The van der Waals surface area contributed by atoms with Crippen molar-refractivity contribution in [1.82, 2.24) is 4.57 Å². The van der Waals surface area contributed by atoms with Crippen molar-refractivity contribution in [1.29, 1.82) is 0 Å². The standard InChI is InChI=1S/C86H100N2.H53P51/c1-5-9-13-17-21-36-58-85(59-37-22-18-14-10-6-2)78-47-33-30-43-71(78)75-63-67(51-54-80(75)85)87(68-52-55-81-76(64-68)72-44-31-34-48-79(72)86(81,60-38-23-19-15-11-7-3)61-39-24-20-16-12-8-4)83-57-53-69(70-42-28-29-45-73(70)83)65-50-56-84-77(62-65)74-46-32-35-49-82(74)88(84)66-40-26-25-27-41-66;1-27-40(26)47(41(28(2)3)29(4)5)50(46(38(22)23)39(24)25)51(48(42(30(6)7)31(8)9)43(32(10)11)33(12)13)49(44(34(14)15)35(16)17)45(36(18)19)37(20)21/h25-35,40-57,62-64H,5-24,36-39,58-61H2,1-4H3;27H,1-26H2. The second kappa shape index (κ2) is 69.0. The van der Waals surface area contributed by atoms with Gasteiger partial charge in [-0.3, -0.25) is 0 Å². The maximum Gasteiger partial charge on any atom is 0.0541 e. The highest BCUT2D eigenvalue weighted by Gasteiger charge is 2.60. The minimum absolute atomic E-state index is 0.0141. The number of nitrogens with zero attached hydrogens (tertiary/aromatic N) is 2. The van der Waals surface area contributed by atoms with Gasteiger partial charge in [-0.05, 0) is 315 Å². The molecule has 2 aliphatic carbocycles. The van der Waals surface area contributed by atoms with E-state index in [1.807, 2.05) is 0 Å². The number of hydrogen-bond donors (Lipinski definition) is 0. The average Bonchev–Trinajstić information content (AvgIpc) is 1.26. The molecule has 0 saturated carbocycles. The zero-order valence-corrected chi connectivity index (χ0v) is 133. The Labute approximate surface area is 930 Å². The summed E-state index contributed by atoms with van der Waals surface area (Å²) in [5.41, 5.74) is 21.8. The molecular formula is C86H153N2P51. The van der Waals surface area contributed by atoms with Crippen molar-refractivity contribution < 1.29 is 0 Å². The number of rotatable bonds is 57. The lowest BCUT2D eigenvalue weighted by Gasteiger charge is -2.58. The molecule has 2 aliphatic rings. The molecule has 0 bridgehead atoms. The maximum absolute atomic E-state index is 3.65. The minimum Gasteiger partial charge on any atom is -0.310 e. The highest BCUT2D eigenvalue weighted by atomic mass is 33.6. The van der Waals surface area contributed by atoms with Gasteiger partial charge >= 0.3 is 0 Å². The van der Waals surface area contributed by atoms with Crippen molar-refractivity contribution in [2.24, 2.45) is 0 Å². The van der Waals surface area contributed by atoms with Gasteiger partial charge < -0.3 is 9.47 Å². The summed E-state index contributed by atoms with van der Waals surface area (Å²) in [6.07, 6.45) is 36.6. The molecule has 0 aliphatic heterocycles. The van der Waals surface area contributed by atoms with Crippen LogP contribution in [0.4, 0.5) is 17.1 Å². The number of aromatic nitrogens is 1. The van der Waals surface area contributed by atoms with Crippen LogP contribution in [0, 0.1) is 0 Å². The number of para-hydroxylation sites is 2. The molecule has 0 amide bonds. The second-order valence-electron chi connectivity index (χ2n) is 34.7. The molecular weight excluding hydrogens is 2640 g/mol. The Morgan fingerprint density at radius 1 is 0.245 bits per heavy atom. The molecule has 762 valence electrons. The molecule has 9 aromatic carbocycles. The highest BCUT2D eigenvalue weighted by Crippen LogP contribution is 3.46. The first-order chi connectivity index (χ1) is 66.7. The van der Waals surface area contributed by atoms with Crippen LogP contribution in [0.5, 0.6) is 0 Å². The van der Waals surface area contributed by atoms with Crippen LogP contribution in [0.2, 0.25) is 0 Å². The molecule has 30 atom stereocenters. The molecule has 53 heteroatoms. The van der Waals surface area contributed by atoms with E-state index in [1.54, 1.807) is 22.3 Å². The Morgan fingerprint density at radius 2 is 0.547 bits per heavy atom. The summed E-state index contributed by atoms with van der Waals surface area (Å²) in [5, 5.41) is 5.08. The van der Waals surface area contributed by atoms with Crippen LogP contribution in [0.25, 0.3) is 71.6 Å². The van der Waals surface area contributed by atoms with E-state index in [0.717, 1.165) is 7.96 Å². The van der Waals surface area contributed by atoms with E-state index < -0.39 is 0 Å². The Kier molecular flexibility index (Phi) is 66.5. The zero-order valence-electron chi connectivity index (χ0n) is 80.4. The summed E-state index contributed by atoms with van der Waals surface area (Å²) in [6.45, 7) is 5.54. The quantitative estimate of drug-likeness (QED) is 0.0272. The van der Waals surface area contributed by atoms with Crippen LogP contribution in [-0.2, 0) is 10.8 Å². The maximum atomic E-state index is 3.65. The summed E-state index contributed by atoms with van der Waals surface area (Å²) < 4.78 is 2.43. The van der Waals surface area contributed by atoms with Crippen LogP contribution in [0.1, 0.15) is 230 Å². The largest absolute Gasteiger partial charge is 0.310 e. The third kappa shape index (κ3) is 35.5.